The molecule has 4 N–H and O–H groups in total. The summed E-state index contributed by atoms with van der Waals surface area (Å²) in [5.74, 6) is -1.46. The molecule has 0 bridgehead atoms. The summed E-state index contributed by atoms with van der Waals surface area (Å²) in [5.41, 5.74) is 12.1. The van der Waals surface area contributed by atoms with E-state index in [0.29, 0.717) is 38.5 Å². The summed E-state index contributed by atoms with van der Waals surface area (Å²) in [6.07, 6.45) is 3.97. The molecule has 0 aliphatic heterocycles. The first-order valence-electron chi connectivity index (χ1n) is 11.8. The van der Waals surface area contributed by atoms with Gasteiger partial charge in [-0.05, 0) is 49.7 Å². The van der Waals surface area contributed by atoms with E-state index in [0.717, 1.165) is 11.1 Å². The average Bonchev–Trinajstić information content (AvgIpc) is 2.89. The van der Waals surface area contributed by atoms with E-state index in [1.165, 1.54) is 0 Å². The van der Waals surface area contributed by atoms with Gasteiger partial charge in [-0.15, -0.1) is 0 Å². The number of amides is 4. The lowest BCUT2D eigenvalue weighted by molar-refractivity contribution is -0.134. The van der Waals surface area contributed by atoms with Crippen molar-refractivity contribution >= 4 is 23.6 Å². The van der Waals surface area contributed by atoms with Gasteiger partial charge in [0.15, 0.2) is 0 Å². The molecular weight excluding hydrogens is 432 g/mol. The zero-order valence-corrected chi connectivity index (χ0v) is 19.2. The zero-order chi connectivity index (χ0) is 24.2. The van der Waals surface area contributed by atoms with Crippen LogP contribution in [0.3, 0.4) is 0 Å². The minimum Gasteiger partial charge on any atom is -0.273 e. The molecule has 180 valence electrons. The van der Waals surface area contributed by atoms with Crippen LogP contribution in [-0.2, 0) is 32.0 Å². The van der Waals surface area contributed by atoms with Crippen molar-refractivity contribution in [2.45, 2.75) is 51.4 Å². The molecule has 3 rings (SSSR count). The van der Waals surface area contributed by atoms with Gasteiger partial charge in [0.2, 0.25) is 23.6 Å². The minimum atomic E-state index is -0.251. The zero-order valence-electron chi connectivity index (χ0n) is 19.2. The molecule has 1 aliphatic carbocycles. The van der Waals surface area contributed by atoms with Gasteiger partial charge in [-0.2, -0.15) is 0 Å². The van der Waals surface area contributed by atoms with Gasteiger partial charge in [0.25, 0.3) is 0 Å². The van der Waals surface area contributed by atoms with Gasteiger partial charge in [0.1, 0.15) is 0 Å². The van der Waals surface area contributed by atoms with E-state index in [2.05, 4.69) is 21.7 Å². The van der Waals surface area contributed by atoms with E-state index in [-0.39, 0.29) is 48.3 Å². The Morgan fingerprint density at radius 3 is 1.26 bits per heavy atom. The maximum atomic E-state index is 12.4. The summed E-state index contributed by atoms with van der Waals surface area (Å²) in [4.78, 5) is 48.7. The third-order valence-corrected chi connectivity index (χ3v) is 6.09. The van der Waals surface area contributed by atoms with Crippen LogP contribution in [0, 0.1) is 11.8 Å². The van der Waals surface area contributed by atoms with Gasteiger partial charge in [0.05, 0.1) is 0 Å². The number of hydrazine groups is 2. The van der Waals surface area contributed by atoms with Crippen LogP contribution >= 0.6 is 0 Å². The van der Waals surface area contributed by atoms with Crippen molar-refractivity contribution in [3.63, 3.8) is 0 Å². The molecular formula is C26H32N4O4. The maximum absolute atomic E-state index is 12.4. The Morgan fingerprint density at radius 2 is 0.912 bits per heavy atom. The molecule has 4 amide bonds. The number of carbonyl (C=O) groups excluding carboxylic acids is 4. The lowest BCUT2D eigenvalue weighted by atomic mass is 9.81. The summed E-state index contributed by atoms with van der Waals surface area (Å²) in [7, 11) is 0. The number of hydrogen-bond acceptors (Lipinski definition) is 4. The minimum absolute atomic E-state index is 0.235. The van der Waals surface area contributed by atoms with E-state index in [1.54, 1.807) is 0 Å². The van der Waals surface area contributed by atoms with Crippen LogP contribution in [0.4, 0.5) is 0 Å². The van der Waals surface area contributed by atoms with Gasteiger partial charge in [-0.25, -0.2) is 0 Å². The monoisotopic (exact) mass is 464 g/mol. The third-order valence-electron chi connectivity index (χ3n) is 6.09. The fourth-order valence-electron chi connectivity index (χ4n) is 4.01. The van der Waals surface area contributed by atoms with Crippen molar-refractivity contribution in [1.82, 2.24) is 21.7 Å². The van der Waals surface area contributed by atoms with E-state index in [4.69, 9.17) is 0 Å². The number of nitrogens with one attached hydrogen (secondary N) is 4. The van der Waals surface area contributed by atoms with E-state index in [1.807, 2.05) is 60.7 Å². The Labute approximate surface area is 199 Å². The van der Waals surface area contributed by atoms with Gasteiger partial charge in [-0.3, -0.25) is 40.9 Å². The number of aryl methyl sites for hydroxylation is 2. The number of rotatable bonds is 8. The first-order valence-corrected chi connectivity index (χ1v) is 11.8. The number of carbonyl (C=O) groups is 4. The summed E-state index contributed by atoms with van der Waals surface area (Å²) >= 11 is 0. The summed E-state index contributed by atoms with van der Waals surface area (Å²) < 4.78 is 0. The largest absolute Gasteiger partial charge is 0.273 e. The fourth-order valence-corrected chi connectivity index (χ4v) is 4.01. The highest BCUT2D eigenvalue weighted by Crippen LogP contribution is 2.28. The lowest BCUT2D eigenvalue weighted by Gasteiger charge is -2.27. The molecule has 1 saturated carbocycles. The average molecular weight is 465 g/mol. The van der Waals surface area contributed by atoms with Crippen molar-refractivity contribution in [3.8, 4) is 0 Å². The summed E-state index contributed by atoms with van der Waals surface area (Å²) in [6.45, 7) is 0. The summed E-state index contributed by atoms with van der Waals surface area (Å²) in [6, 6.07) is 19.4. The van der Waals surface area contributed by atoms with E-state index in [9.17, 15) is 19.2 Å². The molecule has 34 heavy (non-hydrogen) atoms. The Balaban J connectivity index is 1.28. The second kappa shape index (κ2) is 13.1. The first kappa shape index (κ1) is 25.0. The second-order valence-corrected chi connectivity index (χ2v) is 8.59. The highest BCUT2D eigenvalue weighted by molar-refractivity contribution is 5.85. The van der Waals surface area contributed by atoms with Crippen molar-refractivity contribution in [2.75, 3.05) is 0 Å². The van der Waals surface area contributed by atoms with Gasteiger partial charge in [-0.1, -0.05) is 60.7 Å². The van der Waals surface area contributed by atoms with Crippen LogP contribution in [0.1, 0.15) is 49.7 Å². The fraction of sp³-hybridized carbons (Fsp3) is 0.385. The van der Waals surface area contributed by atoms with Gasteiger partial charge in [0, 0.05) is 24.7 Å². The Morgan fingerprint density at radius 1 is 0.559 bits per heavy atom. The van der Waals surface area contributed by atoms with Crippen LogP contribution < -0.4 is 21.7 Å². The maximum Gasteiger partial charge on any atom is 0.241 e. The lowest BCUT2D eigenvalue weighted by Crippen LogP contribution is -2.47. The molecule has 0 atom stereocenters. The van der Waals surface area contributed by atoms with Gasteiger partial charge < -0.3 is 0 Å². The molecule has 1 aliphatic rings. The molecule has 2 aromatic rings. The molecule has 0 radical (unpaired) electrons. The molecule has 0 spiro atoms. The first-order chi connectivity index (χ1) is 16.5. The van der Waals surface area contributed by atoms with Crippen molar-refractivity contribution < 1.29 is 19.2 Å². The van der Waals surface area contributed by atoms with Crippen molar-refractivity contribution in [2.24, 2.45) is 11.8 Å². The quantitative estimate of drug-likeness (QED) is 0.449. The third kappa shape index (κ3) is 8.35. The van der Waals surface area contributed by atoms with Crippen LogP contribution in [0.5, 0.6) is 0 Å². The van der Waals surface area contributed by atoms with Crippen LogP contribution in [0.2, 0.25) is 0 Å². The van der Waals surface area contributed by atoms with Crippen molar-refractivity contribution in [3.05, 3.63) is 71.8 Å². The molecule has 1 fully saturated rings. The SMILES string of the molecule is O=C(CCc1ccccc1)NNC(=O)C1CCC(C(=O)NNC(=O)CCc2ccccc2)CC1. The molecule has 8 nitrogen and oxygen atoms in total. The Bertz CT molecular complexity index is 878. The molecule has 2 aromatic carbocycles. The van der Waals surface area contributed by atoms with Crippen LogP contribution in [0.25, 0.3) is 0 Å². The molecule has 0 saturated heterocycles. The smallest absolute Gasteiger partial charge is 0.241 e. The molecule has 0 heterocycles. The standard InChI is InChI=1S/C26H32N4O4/c31-23(17-11-19-7-3-1-4-8-19)27-29-25(33)21-13-15-22(16-14-21)26(34)30-28-24(32)18-12-20-9-5-2-6-10-20/h1-10,21-22H,11-18H2,(H,27,31)(H,28,32)(H,29,33)(H,30,34). The molecule has 0 unspecified atom stereocenters. The predicted octanol–water partition coefficient (Wildman–Crippen LogP) is 2.35. The highest BCUT2D eigenvalue weighted by Gasteiger charge is 2.30. The van der Waals surface area contributed by atoms with Crippen LogP contribution in [0.15, 0.2) is 60.7 Å². The molecule has 0 aromatic heterocycles. The predicted molar refractivity (Wildman–Crippen MR) is 128 cm³/mol. The highest BCUT2D eigenvalue weighted by atomic mass is 16.2. The summed E-state index contributed by atoms with van der Waals surface area (Å²) in [5, 5.41) is 0. The Kier molecular flexibility index (Phi) is 9.64. The van der Waals surface area contributed by atoms with Crippen molar-refractivity contribution in [1.29, 1.82) is 0 Å². The molecule has 8 heteroatoms. The second-order valence-electron chi connectivity index (χ2n) is 8.59. The topological polar surface area (TPSA) is 116 Å². The number of benzene rings is 2. The van der Waals surface area contributed by atoms with E-state index >= 15 is 0 Å². The van der Waals surface area contributed by atoms with E-state index < -0.39 is 0 Å². The van der Waals surface area contributed by atoms with Gasteiger partial charge >= 0.3 is 0 Å². The Hall–Kier alpha value is -3.68. The van der Waals surface area contributed by atoms with Crippen LogP contribution in [-0.4, -0.2) is 23.6 Å². The number of hydrogen-bond donors (Lipinski definition) is 4. The normalized spacial score (nSPS) is 17.3.